The molecular weight excluding hydrogens is 735 g/mol. The van der Waals surface area contributed by atoms with Crippen molar-refractivity contribution >= 4 is 17.8 Å². The molecule has 0 spiro atoms. The topological polar surface area (TPSA) is 82.1 Å². The molecule has 4 unspecified atom stereocenters. The van der Waals surface area contributed by atoms with E-state index < -0.39 is 89.4 Å². The third-order valence-corrected chi connectivity index (χ3v) is 10.2. The summed E-state index contributed by atoms with van der Waals surface area (Å²) in [6, 6.07) is 23.6. The minimum atomic E-state index is -5.07. The fourth-order valence-corrected chi connectivity index (χ4v) is 7.35. The molecule has 6 rings (SSSR count). The maximum atomic E-state index is 14.4. The molecule has 1 amide bonds. The van der Waals surface area contributed by atoms with E-state index in [0.29, 0.717) is 28.8 Å². The number of ketones is 1. The molecule has 2 fully saturated rings. The van der Waals surface area contributed by atoms with Crippen LogP contribution in [0.5, 0.6) is 0 Å². The SMILES string of the molecule is C[C@@H](O[C@H]1CCC(C(=O)CC2(C)C(=O)OC(c3ccccc3)N2C(=O)OCc2ccccc2)C1c1ccc(F)cc1)c1cc(C(F)(F)F)cc(C(F)(F)F)c1. The van der Waals surface area contributed by atoms with Gasteiger partial charge in [0.25, 0.3) is 0 Å². The molecule has 0 aromatic heterocycles. The number of Topliss-reactive ketones (excluding diaryl/α,β-unsaturated/α-hetero) is 1. The number of esters is 1. The predicted molar refractivity (Wildman–Crippen MR) is 183 cm³/mol. The Kier molecular flexibility index (Phi) is 11.1. The van der Waals surface area contributed by atoms with Crippen LogP contribution in [0.15, 0.2) is 103 Å². The molecule has 2 aliphatic rings. The maximum absolute atomic E-state index is 14.4. The van der Waals surface area contributed by atoms with Crippen LogP contribution in [0.4, 0.5) is 35.5 Å². The summed E-state index contributed by atoms with van der Waals surface area (Å²) in [4.78, 5) is 43.1. The highest BCUT2D eigenvalue weighted by molar-refractivity contribution is 5.95. The van der Waals surface area contributed by atoms with Crippen molar-refractivity contribution in [2.75, 3.05) is 0 Å². The van der Waals surface area contributed by atoms with Crippen LogP contribution in [0.3, 0.4) is 0 Å². The van der Waals surface area contributed by atoms with Crippen molar-refractivity contribution in [2.24, 2.45) is 5.92 Å². The van der Waals surface area contributed by atoms with Gasteiger partial charge in [-0.3, -0.25) is 9.69 Å². The van der Waals surface area contributed by atoms with Crippen molar-refractivity contribution < 1.29 is 59.3 Å². The van der Waals surface area contributed by atoms with Gasteiger partial charge in [0.2, 0.25) is 6.23 Å². The lowest BCUT2D eigenvalue weighted by atomic mass is 9.80. The molecule has 1 aliphatic heterocycles. The van der Waals surface area contributed by atoms with E-state index in [4.69, 9.17) is 14.2 Å². The number of cyclic esters (lactones) is 1. The zero-order valence-electron chi connectivity index (χ0n) is 29.6. The second-order valence-electron chi connectivity index (χ2n) is 13.9. The van der Waals surface area contributed by atoms with Crippen LogP contribution >= 0.6 is 0 Å². The lowest BCUT2D eigenvalue weighted by Gasteiger charge is -2.34. The lowest BCUT2D eigenvalue weighted by Crippen LogP contribution is -2.51. The summed E-state index contributed by atoms with van der Waals surface area (Å²) >= 11 is 0. The van der Waals surface area contributed by atoms with E-state index >= 15 is 0 Å². The van der Waals surface area contributed by atoms with Gasteiger partial charge in [-0.15, -0.1) is 0 Å². The van der Waals surface area contributed by atoms with Crippen LogP contribution in [-0.2, 0) is 42.8 Å². The minimum Gasteiger partial charge on any atom is -0.444 e. The Morgan fingerprint density at radius 2 is 1.42 bits per heavy atom. The van der Waals surface area contributed by atoms with Gasteiger partial charge in [0.05, 0.1) is 23.3 Å². The van der Waals surface area contributed by atoms with Crippen LogP contribution in [0.2, 0.25) is 0 Å². The minimum absolute atomic E-state index is 0.0273. The quantitative estimate of drug-likeness (QED) is 0.118. The smallest absolute Gasteiger partial charge is 0.416 e. The van der Waals surface area contributed by atoms with Crippen molar-refractivity contribution in [2.45, 2.75) is 82.0 Å². The Bertz CT molecular complexity index is 1970. The first-order valence-corrected chi connectivity index (χ1v) is 17.4. The molecule has 290 valence electrons. The van der Waals surface area contributed by atoms with Crippen LogP contribution in [0.25, 0.3) is 0 Å². The Morgan fingerprint density at radius 3 is 2.00 bits per heavy atom. The van der Waals surface area contributed by atoms with Crippen molar-refractivity contribution in [3.8, 4) is 0 Å². The molecule has 1 saturated carbocycles. The molecule has 4 aromatic rings. The number of hydrogen-bond donors (Lipinski definition) is 0. The van der Waals surface area contributed by atoms with E-state index in [0.717, 1.165) is 17.0 Å². The molecule has 0 N–H and O–H groups in total. The van der Waals surface area contributed by atoms with Crippen molar-refractivity contribution in [3.05, 3.63) is 142 Å². The zero-order chi connectivity index (χ0) is 39.7. The van der Waals surface area contributed by atoms with E-state index in [1.165, 1.54) is 26.0 Å². The number of carbonyl (C=O) groups excluding carboxylic acids is 3. The number of ether oxygens (including phenoxy) is 3. The number of hydrogen-bond acceptors (Lipinski definition) is 6. The summed E-state index contributed by atoms with van der Waals surface area (Å²) in [5.74, 6) is -3.73. The van der Waals surface area contributed by atoms with Crippen LogP contribution < -0.4 is 0 Å². The number of amides is 1. The van der Waals surface area contributed by atoms with Gasteiger partial charge < -0.3 is 14.2 Å². The predicted octanol–water partition coefficient (Wildman–Crippen LogP) is 10.1. The Morgan fingerprint density at radius 1 is 0.836 bits per heavy atom. The molecule has 4 aromatic carbocycles. The number of benzene rings is 4. The second-order valence-corrected chi connectivity index (χ2v) is 13.9. The summed E-state index contributed by atoms with van der Waals surface area (Å²) in [5.41, 5.74) is -3.71. The average molecular weight is 772 g/mol. The standard InChI is InChI=1S/C41H36F7NO6/c1-24(28-19-29(40(43,44)45)21-30(20-28)41(46,47)48)54-34-18-17-32(35(34)26-13-15-31(42)16-14-26)33(50)22-39(2)37(51)55-36(27-11-7-4-8-12-27)49(39)38(52)53-23-25-9-5-3-6-10-25/h3-16,19-21,24,32,34-36H,17-18,22-23H2,1-2H3/t24-,32?,34+,35?,36?,39?/m1/s1. The fourth-order valence-electron chi connectivity index (χ4n) is 7.35. The first-order valence-electron chi connectivity index (χ1n) is 17.4. The normalized spacial score (nSPS) is 23.4. The van der Waals surface area contributed by atoms with E-state index in [-0.39, 0.29) is 31.1 Å². The van der Waals surface area contributed by atoms with Gasteiger partial charge in [0, 0.05) is 23.8 Å². The Balaban J connectivity index is 1.30. The molecule has 0 bridgehead atoms. The van der Waals surface area contributed by atoms with Gasteiger partial charge in [-0.2, -0.15) is 26.3 Å². The van der Waals surface area contributed by atoms with Gasteiger partial charge in [-0.25, -0.2) is 14.0 Å². The number of alkyl halides is 6. The third-order valence-electron chi connectivity index (χ3n) is 10.2. The van der Waals surface area contributed by atoms with Crippen molar-refractivity contribution in [1.82, 2.24) is 4.90 Å². The summed E-state index contributed by atoms with van der Waals surface area (Å²) < 4.78 is 114. The van der Waals surface area contributed by atoms with Crippen LogP contribution in [-0.4, -0.2) is 34.4 Å². The van der Waals surface area contributed by atoms with E-state index in [1.807, 2.05) is 0 Å². The molecule has 0 radical (unpaired) electrons. The molecule has 55 heavy (non-hydrogen) atoms. The van der Waals surface area contributed by atoms with Crippen molar-refractivity contribution in [1.29, 1.82) is 0 Å². The van der Waals surface area contributed by atoms with E-state index in [9.17, 15) is 45.1 Å². The summed E-state index contributed by atoms with van der Waals surface area (Å²) in [5, 5.41) is 0. The summed E-state index contributed by atoms with van der Waals surface area (Å²) in [6.45, 7) is 2.56. The number of halogens is 7. The first-order chi connectivity index (χ1) is 26.0. The molecule has 1 heterocycles. The van der Waals surface area contributed by atoms with Gasteiger partial charge in [-0.1, -0.05) is 72.8 Å². The highest BCUT2D eigenvalue weighted by atomic mass is 19.4. The average Bonchev–Trinajstić information content (AvgIpc) is 3.68. The van der Waals surface area contributed by atoms with Gasteiger partial charge in [0.15, 0.2) is 5.54 Å². The third kappa shape index (κ3) is 8.54. The number of carbonyl (C=O) groups is 3. The largest absolute Gasteiger partial charge is 0.444 e. The van der Waals surface area contributed by atoms with Gasteiger partial charge in [-0.05, 0) is 73.7 Å². The van der Waals surface area contributed by atoms with Gasteiger partial charge >= 0.3 is 24.4 Å². The second kappa shape index (κ2) is 15.5. The number of nitrogens with zero attached hydrogens (tertiary/aromatic N) is 1. The maximum Gasteiger partial charge on any atom is 0.416 e. The Labute approximate surface area is 312 Å². The first kappa shape index (κ1) is 39.5. The van der Waals surface area contributed by atoms with Crippen molar-refractivity contribution in [3.63, 3.8) is 0 Å². The highest BCUT2D eigenvalue weighted by Crippen LogP contribution is 2.48. The molecule has 6 atom stereocenters. The fraction of sp³-hybridized carbons (Fsp3) is 0.341. The molecular formula is C41H36F7NO6. The highest BCUT2D eigenvalue weighted by Gasteiger charge is 2.58. The van der Waals surface area contributed by atoms with Crippen LogP contribution in [0.1, 0.15) is 84.7 Å². The summed E-state index contributed by atoms with van der Waals surface area (Å²) in [7, 11) is 0. The monoisotopic (exact) mass is 771 g/mol. The number of rotatable bonds is 10. The van der Waals surface area contributed by atoms with Crippen LogP contribution in [0, 0.1) is 11.7 Å². The molecule has 14 heteroatoms. The van der Waals surface area contributed by atoms with Gasteiger partial charge in [0.1, 0.15) is 18.2 Å². The van der Waals surface area contributed by atoms with E-state index in [1.54, 1.807) is 60.7 Å². The summed E-state index contributed by atoms with van der Waals surface area (Å²) in [6.07, 6.45) is -14.8. The lowest BCUT2D eigenvalue weighted by molar-refractivity contribution is -0.147. The molecule has 1 saturated heterocycles. The van der Waals surface area contributed by atoms with E-state index in [2.05, 4.69) is 0 Å². The molecule has 1 aliphatic carbocycles. The zero-order valence-corrected chi connectivity index (χ0v) is 29.6. The Hall–Kier alpha value is -5.24. The molecule has 7 nitrogen and oxygen atoms in total.